The molecule has 3 rings (SSSR count). The summed E-state index contributed by atoms with van der Waals surface area (Å²) in [5.41, 5.74) is 2.15. The van der Waals surface area contributed by atoms with Gasteiger partial charge >= 0.3 is 0 Å². The molecule has 2 aromatic rings. The first-order valence-corrected chi connectivity index (χ1v) is 8.66. The van der Waals surface area contributed by atoms with Crippen LogP contribution in [0.15, 0.2) is 12.5 Å². The van der Waals surface area contributed by atoms with Crippen molar-refractivity contribution in [1.29, 1.82) is 0 Å². The summed E-state index contributed by atoms with van der Waals surface area (Å²) >= 11 is 1.67. The van der Waals surface area contributed by atoms with Gasteiger partial charge in [-0.3, -0.25) is 4.79 Å². The van der Waals surface area contributed by atoms with Gasteiger partial charge in [0.1, 0.15) is 5.01 Å². The second kappa shape index (κ2) is 6.20. The van der Waals surface area contributed by atoms with Gasteiger partial charge in [0.05, 0.1) is 24.0 Å². The largest absolute Gasteiger partial charge is 0.347 e. The lowest BCUT2D eigenvalue weighted by Gasteiger charge is -2.23. The number of nitrogens with zero attached hydrogens (tertiary/aromatic N) is 3. The van der Waals surface area contributed by atoms with Crippen LogP contribution in [0, 0.1) is 0 Å². The van der Waals surface area contributed by atoms with Gasteiger partial charge in [-0.25, -0.2) is 9.97 Å². The van der Waals surface area contributed by atoms with Crippen molar-refractivity contribution in [3.05, 3.63) is 33.8 Å². The molecule has 5 nitrogen and oxygen atoms in total. The molecule has 6 heteroatoms. The molecule has 2 heterocycles. The molecule has 22 heavy (non-hydrogen) atoms. The predicted octanol–water partition coefficient (Wildman–Crippen LogP) is 2.74. The van der Waals surface area contributed by atoms with Crippen LogP contribution in [0.1, 0.15) is 59.9 Å². The molecule has 0 bridgehead atoms. The molecule has 118 valence electrons. The number of imidazole rings is 1. The Labute approximate surface area is 134 Å². The Morgan fingerprint density at radius 3 is 3.09 bits per heavy atom. The molecule has 0 fully saturated rings. The number of hydrogen-bond donors (Lipinski definition) is 1. The Hall–Kier alpha value is -1.69. The molecule has 1 aliphatic carbocycles. The fourth-order valence-corrected chi connectivity index (χ4v) is 3.86. The summed E-state index contributed by atoms with van der Waals surface area (Å²) in [5.74, 6) is -0.0570. The van der Waals surface area contributed by atoms with E-state index in [1.54, 1.807) is 11.3 Å². The maximum Gasteiger partial charge on any atom is 0.229 e. The van der Waals surface area contributed by atoms with Crippen LogP contribution in [0.2, 0.25) is 0 Å². The molecule has 1 amide bonds. The highest BCUT2D eigenvalue weighted by atomic mass is 32.1. The minimum Gasteiger partial charge on any atom is -0.347 e. The van der Waals surface area contributed by atoms with Crippen molar-refractivity contribution in [3.8, 4) is 0 Å². The fourth-order valence-electron chi connectivity index (χ4n) is 3.00. The molecule has 0 aliphatic heterocycles. The van der Waals surface area contributed by atoms with E-state index in [4.69, 9.17) is 0 Å². The molecule has 2 atom stereocenters. The van der Waals surface area contributed by atoms with Crippen molar-refractivity contribution in [3.63, 3.8) is 0 Å². The lowest BCUT2D eigenvalue weighted by Crippen LogP contribution is -2.33. The Morgan fingerprint density at radius 2 is 2.36 bits per heavy atom. The summed E-state index contributed by atoms with van der Waals surface area (Å²) < 4.78 is 2.03. The summed E-state index contributed by atoms with van der Waals surface area (Å²) in [7, 11) is 2.00. The van der Waals surface area contributed by atoms with Gasteiger partial charge in [0.2, 0.25) is 5.91 Å². The van der Waals surface area contributed by atoms with Gasteiger partial charge in [0, 0.05) is 23.8 Å². The maximum absolute atomic E-state index is 12.6. The molecule has 0 radical (unpaired) electrons. The number of nitrogens with one attached hydrogen (secondary N) is 1. The second-order valence-corrected chi connectivity index (χ2v) is 7.03. The van der Waals surface area contributed by atoms with Crippen molar-refractivity contribution in [2.24, 2.45) is 7.05 Å². The summed E-state index contributed by atoms with van der Waals surface area (Å²) in [6.45, 7) is 4.11. The van der Waals surface area contributed by atoms with E-state index in [1.807, 2.05) is 31.1 Å². The number of thiazole rings is 1. The first-order chi connectivity index (χ1) is 10.6. The summed E-state index contributed by atoms with van der Waals surface area (Å²) in [5, 5.41) is 4.09. The molecule has 2 aromatic heterocycles. The number of amides is 1. The van der Waals surface area contributed by atoms with Crippen LogP contribution in [-0.2, 0) is 24.7 Å². The van der Waals surface area contributed by atoms with E-state index in [9.17, 15) is 4.79 Å². The van der Waals surface area contributed by atoms with Crippen LogP contribution in [0.4, 0.5) is 0 Å². The predicted molar refractivity (Wildman–Crippen MR) is 86.9 cm³/mol. The highest BCUT2D eigenvalue weighted by Crippen LogP contribution is 2.31. The van der Waals surface area contributed by atoms with Crippen molar-refractivity contribution in [1.82, 2.24) is 19.9 Å². The number of hydrogen-bond acceptors (Lipinski definition) is 4. The zero-order chi connectivity index (χ0) is 15.7. The summed E-state index contributed by atoms with van der Waals surface area (Å²) in [6.07, 6.45) is 7.63. The minimum absolute atomic E-state index is 0.0492. The van der Waals surface area contributed by atoms with Crippen LogP contribution in [0.25, 0.3) is 0 Å². The summed E-state index contributed by atoms with van der Waals surface area (Å²) in [4.78, 5) is 22.8. The Balaban J connectivity index is 1.72. The topological polar surface area (TPSA) is 59.8 Å². The fraction of sp³-hybridized carbons (Fsp3) is 0.562. The smallest absolute Gasteiger partial charge is 0.229 e. The van der Waals surface area contributed by atoms with Gasteiger partial charge in [0.25, 0.3) is 0 Å². The quantitative estimate of drug-likeness (QED) is 0.943. The molecule has 0 saturated carbocycles. The standard InChI is InChI=1S/C16H22N4OS/c1-4-11-8-17-16(22-11)10(2)19-15(21)12-6-5-7-13-14(12)18-9-20(13)3/h8-10,12H,4-7H2,1-3H3,(H,19,21). The highest BCUT2D eigenvalue weighted by Gasteiger charge is 2.30. The summed E-state index contributed by atoms with van der Waals surface area (Å²) in [6, 6.07) is -0.0492. The number of carbonyl (C=O) groups excluding carboxylic acids is 1. The van der Waals surface area contributed by atoms with Crippen molar-refractivity contribution in [2.75, 3.05) is 0 Å². The molecule has 0 spiro atoms. The Bertz CT molecular complexity index is 675. The lowest BCUT2D eigenvalue weighted by atomic mass is 9.89. The SMILES string of the molecule is CCc1cnc(C(C)NC(=O)C2CCCc3c2ncn3C)s1. The highest BCUT2D eigenvalue weighted by molar-refractivity contribution is 7.11. The number of aromatic nitrogens is 3. The number of aryl methyl sites for hydroxylation is 2. The van der Waals surface area contributed by atoms with E-state index in [2.05, 4.69) is 22.2 Å². The van der Waals surface area contributed by atoms with Crippen LogP contribution < -0.4 is 5.32 Å². The molecular weight excluding hydrogens is 296 g/mol. The first kappa shape index (κ1) is 15.2. The third-order valence-corrected chi connectivity index (χ3v) is 5.62. The Kier molecular flexibility index (Phi) is 4.29. The van der Waals surface area contributed by atoms with E-state index >= 15 is 0 Å². The average molecular weight is 318 g/mol. The van der Waals surface area contributed by atoms with E-state index in [0.29, 0.717) is 0 Å². The minimum atomic E-state index is -0.127. The van der Waals surface area contributed by atoms with Crippen LogP contribution >= 0.6 is 11.3 Å². The van der Waals surface area contributed by atoms with Crippen molar-refractivity contribution in [2.45, 2.75) is 51.5 Å². The van der Waals surface area contributed by atoms with Crippen molar-refractivity contribution < 1.29 is 4.79 Å². The Morgan fingerprint density at radius 1 is 1.55 bits per heavy atom. The van der Waals surface area contributed by atoms with Crippen LogP contribution in [0.3, 0.4) is 0 Å². The monoisotopic (exact) mass is 318 g/mol. The molecule has 0 saturated heterocycles. The van der Waals surface area contributed by atoms with Crippen LogP contribution in [-0.4, -0.2) is 20.4 Å². The first-order valence-electron chi connectivity index (χ1n) is 7.85. The molecule has 2 unspecified atom stereocenters. The van der Waals surface area contributed by atoms with Crippen molar-refractivity contribution >= 4 is 17.2 Å². The van der Waals surface area contributed by atoms with Gasteiger partial charge in [-0.05, 0) is 32.6 Å². The zero-order valence-electron chi connectivity index (χ0n) is 13.3. The van der Waals surface area contributed by atoms with Crippen LogP contribution in [0.5, 0.6) is 0 Å². The maximum atomic E-state index is 12.6. The molecule has 1 N–H and O–H groups in total. The zero-order valence-corrected chi connectivity index (χ0v) is 14.1. The number of fused-ring (bicyclic) bond motifs is 1. The number of rotatable bonds is 4. The van der Waals surface area contributed by atoms with E-state index < -0.39 is 0 Å². The van der Waals surface area contributed by atoms with E-state index in [1.165, 1.54) is 10.6 Å². The lowest BCUT2D eigenvalue weighted by molar-refractivity contribution is -0.123. The molecule has 0 aromatic carbocycles. The van der Waals surface area contributed by atoms with E-state index in [-0.39, 0.29) is 17.9 Å². The van der Waals surface area contributed by atoms with Gasteiger partial charge in [-0.2, -0.15) is 0 Å². The van der Waals surface area contributed by atoms with Gasteiger partial charge in [-0.1, -0.05) is 6.92 Å². The number of carbonyl (C=O) groups is 1. The molecule has 1 aliphatic rings. The van der Waals surface area contributed by atoms with Gasteiger partial charge in [-0.15, -0.1) is 11.3 Å². The normalized spacial score (nSPS) is 18.8. The third-order valence-electron chi connectivity index (χ3n) is 4.29. The second-order valence-electron chi connectivity index (χ2n) is 5.88. The molecular formula is C16H22N4OS. The van der Waals surface area contributed by atoms with Gasteiger partial charge in [0.15, 0.2) is 0 Å². The van der Waals surface area contributed by atoms with Gasteiger partial charge < -0.3 is 9.88 Å². The van der Waals surface area contributed by atoms with E-state index in [0.717, 1.165) is 36.4 Å². The average Bonchev–Trinajstić information content (AvgIpc) is 3.14. The third kappa shape index (κ3) is 2.79.